The molecular weight excluding hydrogens is 252 g/mol. The van der Waals surface area contributed by atoms with E-state index in [1.165, 1.54) is 0 Å². The van der Waals surface area contributed by atoms with Gasteiger partial charge in [-0.05, 0) is 25.5 Å². The van der Waals surface area contributed by atoms with Gasteiger partial charge in [-0.15, -0.1) is 0 Å². The molecule has 1 aromatic carbocycles. The highest BCUT2D eigenvalue weighted by Crippen LogP contribution is 2.32. The predicted molar refractivity (Wildman–Crippen MR) is 78.9 cm³/mol. The lowest BCUT2D eigenvalue weighted by atomic mass is 9.90. The monoisotopic (exact) mass is 274 g/mol. The summed E-state index contributed by atoms with van der Waals surface area (Å²) in [5, 5.41) is 15.3. The first kappa shape index (κ1) is 14.6. The Bertz CT molecular complexity index is 588. The highest BCUT2D eigenvalue weighted by molar-refractivity contribution is 5.38. The smallest absolute Gasteiger partial charge is 0.124 e. The van der Waals surface area contributed by atoms with E-state index in [1.54, 1.807) is 7.11 Å². The van der Waals surface area contributed by atoms with Crippen molar-refractivity contribution in [3.8, 4) is 5.75 Å². The minimum atomic E-state index is -0.995. The summed E-state index contributed by atoms with van der Waals surface area (Å²) in [6, 6.07) is 9.62. The fraction of sp³-hybridized carbons (Fsp3) is 0.438. The maximum atomic E-state index is 10.8. The summed E-state index contributed by atoms with van der Waals surface area (Å²) in [6.07, 6.45) is 1.39. The summed E-state index contributed by atoms with van der Waals surface area (Å²) in [5.41, 5.74) is 1.85. The molecule has 0 saturated carbocycles. The Morgan fingerprint density at radius 1 is 1.35 bits per heavy atom. The van der Waals surface area contributed by atoms with E-state index in [0.29, 0.717) is 12.2 Å². The fourth-order valence-electron chi connectivity index (χ4n) is 2.45. The molecule has 2 aromatic rings. The third-order valence-electron chi connectivity index (χ3n) is 3.60. The topological polar surface area (TPSA) is 47.3 Å². The lowest BCUT2D eigenvalue weighted by Crippen LogP contribution is -2.26. The second kappa shape index (κ2) is 5.67. The molecular formula is C16H22N2O2. The number of rotatable bonds is 5. The van der Waals surface area contributed by atoms with Crippen LogP contribution >= 0.6 is 0 Å². The molecule has 0 saturated heterocycles. The van der Waals surface area contributed by atoms with Crippen LogP contribution < -0.4 is 4.74 Å². The van der Waals surface area contributed by atoms with E-state index in [1.807, 2.05) is 49.0 Å². The Morgan fingerprint density at radius 2 is 2.05 bits per heavy atom. The van der Waals surface area contributed by atoms with E-state index < -0.39 is 5.60 Å². The van der Waals surface area contributed by atoms with Crippen LogP contribution in [0, 0.1) is 0 Å². The summed E-state index contributed by atoms with van der Waals surface area (Å²) >= 11 is 0. The van der Waals surface area contributed by atoms with Gasteiger partial charge in [0, 0.05) is 24.7 Å². The Labute approximate surface area is 120 Å². The van der Waals surface area contributed by atoms with E-state index in [4.69, 9.17) is 4.74 Å². The van der Waals surface area contributed by atoms with E-state index >= 15 is 0 Å². The normalized spacial score (nSPS) is 14.1. The quantitative estimate of drug-likeness (QED) is 0.911. The van der Waals surface area contributed by atoms with Crippen LogP contribution in [0.1, 0.15) is 30.8 Å². The van der Waals surface area contributed by atoms with Gasteiger partial charge in [-0.2, -0.15) is 5.10 Å². The summed E-state index contributed by atoms with van der Waals surface area (Å²) in [5.74, 6) is 0.704. The molecule has 0 aliphatic carbocycles. The van der Waals surface area contributed by atoms with Crippen LogP contribution in [0.2, 0.25) is 0 Å². The van der Waals surface area contributed by atoms with Crippen LogP contribution in [0.5, 0.6) is 5.75 Å². The minimum Gasteiger partial charge on any atom is -0.496 e. The molecule has 0 amide bonds. The summed E-state index contributed by atoms with van der Waals surface area (Å²) in [4.78, 5) is 0. The fourth-order valence-corrected chi connectivity index (χ4v) is 2.45. The number of methoxy groups -OCH3 is 1. The molecule has 1 atom stereocenters. The predicted octanol–water partition coefficient (Wildman–Crippen LogP) is 2.44. The number of aliphatic hydroxyl groups is 1. The molecule has 0 bridgehead atoms. The van der Waals surface area contributed by atoms with Crippen molar-refractivity contribution < 1.29 is 9.84 Å². The molecule has 4 heteroatoms. The molecule has 0 spiro atoms. The van der Waals surface area contributed by atoms with Gasteiger partial charge in [0.15, 0.2) is 0 Å². The van der Waals surface area contributed by atoms with Crippen LogP contribution in [-0.2, 0) is 25.5 Å². The SMILES string of the molecule is CCc1cc(CC(C)(O)c2ccccc2OC)n(C)n1. The van der Waals surface area contributed by atoms with Crippen molar-refractivity contribution in [3.63, 3.8) is 0 Å². The minimum absolute atomic E-state index is 0.497. The van der Waals surface area contributed by atoms with Gasteiger partial charge in [0.25, 0.3) is 0 Å². The van der Waals surface area contributed by atoms with Crippen LogP contribution in [0.15, 0.2) is 30.3 Å². The first-order valence-electron chi connectivity index (χ1n) is 6.85. The van der Waals surface area contributed by atoms with Gasteiger partial charge in [0.05, 0.1) is 18.4 Å². The number of aromatic nitrogens is 2. The van der Waals surface area contributed by atoms with Crippen LogP contribution in [0.3, 0.4) is 0 Å². The van der Waals surface area contributed by atoms with E-state index in [2.05, 4.69) is 12.0 Å². The third kappa shape index (κ3) is 2.85. The number of hydrogen-bond donors (Lipinski definition) is 1. The zero-order valence-corrected chi connectivity index (χ0v) is 12.6. The zero-order valence-electron chi connectivity index (χ0n) is 12.6. The molecule has 20 heavy (non-hydrogen) atoms. The Morgan fingerprint density at radius 3 is 2.65 bits per heavy atom. The van der Waals surface area contributed by atoms with Crippen molar-refractivity contribution in [1.82, 2.24) is 9.78 Å². The van der Waals surface area contributed by atoms with Crippen molar-refractivity contribution in [2.24, 2.45) is 7.05 Å². The molecule has 1 N–H and O–H groups in total. The molecule has 0 aliphatic rings. The molecule has 4 nitrogen and oxygen atoms in total. The highest BCUT2D eigenvalue weighted by atomic mass is 16.5. The largest absolute Gasteiger partial charge is 0.496 e. The van der Waals surface area contributed by atoms with E-state index in [9.17, 15) is 5.11 Å². The van der Waals surface area contributed by atoms with E-state index in [0.717, 1.165) is 23.4 Å². The van der Waals surface area contributed by atoms with Crippen LogP contribution in [0.25, 0.3) is 0 Å². The Balaban J connectivity index is 2.32. The van der Waals surface area contributed by atoms with Gasteiger partial charge in [0.2, 0.25) is 0 Å². The van der Waals surface area contributed by atoms with Gasteiger partial charge >= 0.3 is 0 Å². The Hall–Kier alpha value is -1.81. The third-order valence-corrected chi connectivity index (χ3v) is 3.60. The molecule has 1 heterocycles. The average molecular weight is 274 g/mol. The zero-order chi connectivity index (χ0) is 14.8. The number of para-hydroxylation sites is 1. The number of hydrogen-bond acceptors (Lipinski definition) is 3. The molecule has 1 aromatic heterocycles. The van der Waals surface area contributed by atoms with Gasteiger partial charge in [-0.25, -0.2) is 0 Å². The highest BCUT2D eigenvalue weighted by Gasteiger charge is 2.28. The maximum absolute atomic E-state index is 10.8. The lowest BCUT2D eigenvalue weighted by Gasteiger charge is -2.25. The molecule has 108 valence electrons. The summed E-state index contributed by atoms with van der Waals surface area (Å²) < 4.78 is 7.18. The lowest BCUT2D eigenvalue weighted by molar-refractivity contribution is 0.0530. The van der Waals surface area contributed by atoms with Crippen molar-refractivity contribution in [3.05, 3.63) is 47.3 Å². The number of nitrogens with zero attached hydrogens (tertiary/aromatic N) is 2. The van der Waals surface area contributed by atoms with E-state index in [-0.39, 0.29) is 0 Å². The van der Waals surface area contributed by atoms with Crippen molar-refractivity contribution in [2.45, 2.75) is 32.3 Å². The van der Waals surface area contributed by atoms with Gasteiger partial charge in [-0.3, -0.25) is 4.68 Å². The number of benzene rings is 1. The standard InChI is InChI=1S/C16H22N2O2/c1-5-12-10-13(18(3)17-12)11-16(2,19)14-8-6-7-9-15(14)20-4/h6-10,19H,5,11H2,1-4H3. The average Bonchev–Trinajstić information content (AvgIpc) is 2.78. The Kier molecular flexibility index (Phi) is 4.14. The molecule has 1 unspecified atom stereocenters. The molecule has 0 radical (unpaired) electrons. The van der Waals surface area contributed by atoms with Crippen LogP contribution in [0.4, 0.5) is 0 Å². The molecule has 0 aliphatic heterocycles. The summed E-state index contributed by atoms with van der Waals surface area (Å²) in [7, 11) is 3.53. The first-order chi connectivity index (χ1) is 9.47. The van der Waals surface area contributed by atoms with Crippen molar-refractivity contribution >= 4 is 0 Å². The number of ether oxygens (including phenoxy) is 1. The van der Waals surface area contributed by atoms with Gasteiger partial charge < -0.3 is 9.84 Å². The number of aryl methyl sites for hydroxylation is 2. The van der Waals surface area contributed by atoms with Crippen molar-refractivity contribution in [2.75, 3.05) is 7.11 Å². The molecule has 0 fully saturated rings. The van der Waals surface area contributed by atoms with Crippen LogP contribution in [-0.4, -0.2) is 22.0 Å². The summed E-state index contributed by atoms with van der Waals surface area (Å²) in [6.45, 7) is 3.88. The van der Waals surface area contributed by atoms with Gasteiger partial charge in [0.1, 0.15) is 5.75 Å². The van der Waals surface area contributed by atoms with Gasteiger partial charge in [-0.1, -0.05) is 25.1 Å². The maximum Gasteiger partial charge on any atom is 0.124 e. The first-order valence-corrected chi connectivity index (χ1v) is 6.85. The second-order valence-electron chi connectivity index (χ2n) is 5.26. The molecule has 2 rings (SSSR count). The van der Waals surface area contributed by atoms with Crippen molar-refractivity contribution in [1.29, 1.82) is 0 Å². The second-order valence-corrected chi connectivity index (χ2v) is 5.26.